The van der Waals surface area contributed by atoms with Gasteiger partial charge in [0, 0.05) is 25.5 Å². The van der Waals surface area contributed by atoms with Crippen molar-refractivity contribution in [2.24, 2.45) is 0 Å². The molecule has 0 aliphatic carbocycles. The molecule has 1 aromatic heterocycles. The van der Waals surface area contributed by atoms with Crippen LogP contribution in [0.1, 0.15) is 36.0 Å². The van der Waals surface area contributed by atoms with Crippen LogP contribution in [-0.2, 0) is 0 Å². The Labute approximate surface area is 148 Å². The topological polar surface area (TPSA) is 70.4 Å². The Morgan fingerprint density at radius 3 is 2.64 bits per heavy atom. The molecule has 1 aromatic carbocycles. The molecule has 6 nitrogen and oxygen atoms in total. The average molecular weight is 342 g/mol. The smallest absolute Gasteiger partial charge is 0.253 e. The molecule has 1 fully saturated rings. The summed E-state index contributed by atoms with van der Waals surface area (Å²) in [5.74, 6) is -0.194. The summed E-state index contributed by atoms with van der Waals surface area (Å²) in [5, 5.41) is 17.3. The zero-order valence-corrected chi connectivity index (χ0v) is 14.5. The van der Waals surface area contributed by atoms with Crippen LogP contribution in [0.3, 0.4) is 0 Å². The molecule has 0 spiro atoms. The quantitative estimate of drug-likeness (QED) is 0.840. The van der Waals surface area contributed by atoms with Gasteiger partial charge < -0.3 is 15.3 Å². The zero-order chi connectivity index (χ0) is 17.5. The maximum absolute atomic E-state index is 12.5. The van der Waals surface area contributed by atoms with Crippen LogP contribution >= 0.6 is 0 Å². The van der Waals surface area contributed by atoms with E-state index in [2.05, 4.69) is 15.3 Å². The second kappa shape index (κ2) is 8.78. The molecule has 2 heterocycles. The van der Waals surface area contributed by atoms with Gasteiger partial charge in [0.25, 0.3) is 5.91 Å². The first kappa shape index (κ1) is 17.6. The highest BCUT2D eigenvalue weighted by molar-refractivity contribution is 5.97. The van der Waals surface area contributed by atoms with Crippen LogP contribution in [0, 0.1) is 0 Å². The lowest BCUT2D eigenvalue weighted by atomic mass is 10.1. The van der Waals surface area contributed by atoms with E-state index in [1.807, 2.05) is 24.3 Å². The lowest BCUT2D eigenvalue weighted by Crippen LogP contribution is -2.40. The summed E-state index contributed by atoms with van der Waals surface area (Å²) in [6.45, 7) is 2.93. The van der Waals surface area contributed by atoms with E-state index in [4.69, 9.17) is 0 Å². The second-order valence-corrected chi connectivity index (χ2v) is 6.55. The molecular formula is C19H26N4O2. The van der Waals surface area contributed by atoms with Gasteiger partial charge in [-0.25, -0.2) is 4.68 Å². The van der Waals surface area contributed by atoms with Crippen molar-refractivity contribution in [3.05, 3.63) is 48.3 Å². The number of hydrogen-bond donors (Lipinski definition) is 2. The number of rotatable bonds is 6. The van der Waals surface area contributed by atoms with Gasteiger partial charge in [0.05, 0.1) is 17.4 Å². The number of amides is 1. The van der Waals surface area contributed by atoms with Crippen molar-refractivity contribution in [2.75, 3.05) is 26.2 Å². The molecule has 2 aromatic rings. The monoisotopic (exact) mass is 342 g/mol. The van der Waals surface area contributed by atoms with Crippen LogP contribution in [0.5, 0.6) is 0 Å². The highest BCUT2D eigenvalue weighted by atomic mass is 16.3. The molecule has 1 amide bonds. The van der Waals surface area contributed by atoms with Crippen molar-refractivity contribution in [3.8, 4) is 5.69 Å². The van der Waals surface area contributed by atoms with Gasteiger partial charge in [0.2, 0.25) is 0 Å². The number of aliphatic hydroxyl groups is 1. The predicted octanol–water partition coefficient (Wildman–Crippen LogP) is 1.84. The molecule has 0 saturated carbocycles. The van der Waals surface area contributed by atoms with E-state index in [1.165, 1.54) is 25.7 Å². The van der Waals surface area contributed by atoms with Crippen molar-refractivity contribution < 1.29 is 9.90 Å². The van der Waals surface area contributed by atoms with Gasteiger partial charge in [-0.3, -0.25) is 4.79 Å². The van der Waals surface area contributed by atoms with Crippen LogP contribution in [0.4, 0.5) is 0 Å². The summed E-state index contributed by atoms with van der Waals surface area (Å²) in [5.41, 5.74) is 1.28. The summed E-state index contributed by atoms with van der Waals surface area (Å²) >= 11 is 0. The lowest BCUT2D eigenvalue weighted by molar-refractivity contribution is 0.0862. The number of β-amino-alcohol motifs (C(OH)–C–C–N with tert-alkyl or cyclic N) is 1. The van der Waals surface area contributed by atoms with Crippen molar-refractivity contribution in [1.82, 2.24) is 20.0 Å². The molecule has 6 heteroatoms. The van der Waals surface area contributed by atoms with Crippen LogP contribution in [0.2, 0.25) is 0 Å². The van der Waals surface area contributed by atoms with Crippen LogP contribution < -0.4 is 5.32 Å². The first-order chi connectivity index (χ1) is 12.2. The molecule has 1 saturated heterocycles. The van der Waals surface area contributed by atoms with Crippen LogP contribution in [-0.4, -0.2) is 58.0 Å². The number of carbonyl (C=O) groups is 1. The van der Waals surface area contributed by atoms with Gasteiger partial charge in [0.15, 0.2) is 0 Å². The molecule has 2 N–H and O–H groups in total. The summed E-state index contributed by atoms with van der Waals surface area (Å²) in [4.78, 5) is 14.8. The number of carbonyl (C=O) groups excluding carboxylic acids is 1. The van der Waals surface area contributed by atoms with Gasteiger partial charge in [-0.2, -0.15) is 5.10 Å². The fourth-order valence-electron chi connectivity index (χ4n) is 3.26. The number of aliphatic hydroxyl groups excluding tert-OH is 1. The lowest BCUT2D eigenvalue weighted by Gasteiger charge is -2.23. The number of aromatic nitrogens is 2. The minimum atomic E-state index is -0.557. The van der Waals surface area contributed by atoms with E-state index in [-0.39, 0.29) is 12.5 Å². The Bertz CT molecular complexity index is 664. The third-order valence-electron chi connectivity index (χ3n) is 4.57. The van der Waals surface area contributed by atoms with Crippen molar-refractivity contribution in [2.45, 2.75) is 31.8 Å². The molecule has 1 atom stereocenters. The van der Waals surface area contributed by atoms with Gasteiger partial charge in [-0.05, 0) is 44.1 Å². The number of nitrogens with one attached hydrogen (secondary N) is 1. The number of para-hydroxylation sites is 1. The number of hydrogen-bond acceptors (Lipinski definition) is 4. The standard InChI is InChI=1S/C19H26N4O2/c24-16(15-22-11-5-1-2-6-12-22)14-20-19(25)17-8-3-4-9-18(17)23-13-7-10-21-23/h3-4,7-10,13,16,24H,1-2,5-6,11-12,14-15H2,(H,20,25)/t16-/m0/s1. The highest BCUT2D eigenvalue weighted by Crippen LogP contribution is 2.13. The molecule has 0 unspecified atom stereocenters. The Kier molecular flexibility index (Phi) is 6.19. The SMILES string of the molecule is O=C(NC[C@H](O)CN1CCCCCC1)c1ccccc1-n1cccn1. The molecule has 134 valence electrons. The molecule has 0 radical (unpaired) electrons. The molecular weight excluding hydrogens is 316 g/mol. The maximum Gasteiger partial charge on any atom is 0.253 e. The van der Waals surface area contributed by atoms with E-state index in [1.54, 1.807) is 23.1 Å². The summed E-state index contributed by atoms with van der Waals surface area (Å²) in [7, 11) is 0. The number of benzene rings is 1. The third kappa shape index (κ3) is 4.90. The average Bonchev–Trinajstić information content (AvgIpc) is 3.05. The fraction of sp³-hybridized carbons (Fsp3) is 0.474. The van der Waals surface area contributed by atoms with E-state index < -0.39 is 6.10 Å². The van der Waals surface area contributed by atoms with E-state index in [0.717, 1.165) is 18.8 Å². The van der Waals surface area contributed by atoms with Gasteiger partial charge in [-0.15, -0.1) is 0 Å². The summed E-state index contributed by atoms with van der Waals surface area (Å²) in [6, 6.07) is 9.15. The zero-order valence-electron chi connectivity index (χ0n) is 14.5. The Morgan fingerprint density at radius 1 is 1.16 bits per heavy atom. The van der Waals surface area contributed by atoms with Crippen LogP contribution in [0.15, 0.2) is 42.7 Å². The number of nitrogens with zero attached hydrogens (tertiary/aromatic N) is 3. The highest BCUT2D eigenvalue weighted by Gasteiger charge is 2.16. The van der Waals surface area contributed by atoms with E-state index in [9.17, 15) is 9.90 Å². The third-order valence-corrected chi connectivity index (χ3v) is 4.57. The molecule has 0 bridgehead atoms. The maximum atomic E-state index is 12.5. The van der Waals surface area contributed by atoms with Crippen molar-refractivity contribution in [1.29, 1.82) is 0 Å². The Morgan fingerprint density at radius 2 is 1.92 bits per heavy atom. The predicted molar refractivity (Wildman–Crippen MR) is 96.8 cm³/mol. The largest absolute Gasteiger partial charge is 0.390 e. The van der Waals surface area contributed by atoms with Crippen molar-refractivity contribution in [3.63, 3.8) is 0 Å². The Balaban J connectivity index is 1.56. The Hall–Kier alpha value is -2.18. The minimum Gasteiger partial charge on any atom is -0.390 e. The fourth-order valence-corrected chi connectivity index (χ4v) is 3.26. The van der Waals surface area contributed by atoms with Gasteiger partial charge in [-0.1, -0.05) is 25.0 Å². The second-order valence-electron chi connectivity index (χ2n) is 6.55. The van der Waals surface area contributed by atoms with Gasteiger partial charge in [0.1, 0.15) is 0 Å². The van der Waals surface area contributed by atoms with Gasteiger partial charge >= 0.3 is 0 Å². The van der Waals surface area contributed by atoms with Crippen molar-refractivity contribution >= 4 is 5.91 Å². The first-order valence-corrected chi connectivity index (χ1v) is 9.02. The normalized spacial score (nSPS) is 17.0. The summed E-state index contributed by atoms with van der Waals surface area (Å²) in [6.07, 6.45) is 7.85. The minimum absolute atomic E-state index is 0.194. The number of likely N-dealkylation sites (tertiary alicyclic amines) is 1. The first-order valence-electron chi connectivity index (χ1n) is 9.02. The molecule has 1 aliphatic rings. The van der Waals surface area contributed by atoms with E-state index in [0.29, 0.717) is 12.1 Å². The summed E-state index contributed by atoms with van der Waals surface area (Å²) < 4.78 is 1.67. The molecule has 25 heavy (non-hydrogen) atoms. The molecule has 1 aliphatic heterocycles. The van der Waals surface area contributed by atoms with Crippen LogP contribution in [0.25, 0.3) is 5.69 Å². The van der Waals surface area contributed by atoms with E-state index >= 15 is 0 Å². The molecule has 3 rings (SSSR count).